The molecule has 256 valence electrons. The summed E-state index contributed by atoms with van der Waals surface area (Å²) >= 11 is 7.58. The van der Waals surface area contributed by atoms with Crippen molar-refractivity contribution in [2.75, 3.05) is 37.7 Å². The van der Waals surface area contributed by atoms with E-state index in [-0.39, 0.29) is 52.1 Å². The van der Waals surface area contributed by atoms with Crippen LogP contribution in [0.2, 0.25) is 5.02 Å². The first kappa shape index (κ1) is 32.5. The number of likely N-dealkylation sites (tertiary alicyclic amines) is 1. The quantitative estimate of drug-likeness (QED) is 0.189. The second-order valence-corrected chi connectivity index (χ2v) is 14.6. The minimum absolute atomic E-state index is 0.0192. The van der Waals surface area contributed by atoms with Gasteiger partial charge in [-0.25, -0.2) is 9.78 Å². The Morgan fingerprint density at radius 3 is 2.62 bits per heavy atom. The third-order valence-electron chi connectivity index (χ3n) is 9.83. The fourth-order valence-corrected chi connectivity index (χ4v) is 8.61. The van der Waals surface area contributed by atoms with Crippen molar-refractivity contribution < 1.29 is 27.8 Å². The number of thiophene rings is 1. The molecule has 1 saturated carbocycles. The van der Waals surface area contributed by atoms with Crippen LogP contribution in [0.4, 0.5) is 18.9 Å². The van der Waals surface area contributed by atoms with Crippen molar-refractivity contribution in [1.82, 2.24) is 19.4 Å². The Hall–Kier alpha value is -4.71. The Kier molecular flexibility index (Phi) is 7.59. The van der Waals surface area contributed by atoms with Gasteiger partial charge < -0.3 is 14.7 Å². The van der Waals surface area contributed by atoms with Crippen molar-refractivity contribution in [2.45, 2.75) is 38.5 Å². The van der Waals surface area contributed by atoms with Crippen LogP contribution in [0, 0.1) is 23.7 Å². The summed E-state index contributed by atoms with van der Waals surface area (Å²) < 4.78 is 51.5. The van der Waals surface area contributed by atoms with E-state index in [2.05, 4.69) is 14.9 Å². The average molecular weight is 721 g/mol. The third kappa shape index (κ3) is 5.35. The number of anilines is 1. The van der Waals surface area contributed by atoms with Gasteiger partial charge in [0.25, 0.3) is 5.56 Å². The molecule has 10 nitrogen and oxygen atoms in total. The number of hydrogen-bond donors (Lipinski definition) is 1. The zero-order valence-electron chi connectivity index (χ0n) is 26.6. The molecule has 0 radical (unpaired) electrons. The van der Waals surface area contributed by atoms with Crippen LogP contribution in [0.3, 0.4) is 0 Å². The standard InChI is InChI=1S/C35H28ClF3N6O4S/c1-18-42-26-11-25(35(37,38)39)30(44-16-34(17-44)14-43(15-34)20-3-4-20)23(12-40)28(26)32(46)45(18)8-9-49-27-5-2-19(36)10-22(27)21-6-7-41-29-24(33(47)48)13-50-31(21)29/h2,5-7,10-11,13,20H,3-4,8-9,14-17H2,1H3,(H,47,48). The lowest BCUT2D eigenvalue weighted by atomic mass is 9.72. The Labute approximate surface area is 291 Å². The van der Waals surface area contributed by atoms with Gasteiger partial charge in [-0.1, -0.05) is 11.6 Å². The molecule has 2 aromatic carbocycles. The predicted octanol–water partition coefficient (Wildman–Crippen LogP) is 6.59. The van der Waals surface area contributed by atoms with Crippen LogP contribution in [0.25, 0.3) is 32.2 Å². The molecular weight excluding hydrogens is 693 g/mol. The number of hydrogen-bond acceptors (Lipinski definition) is 9. The number of rotatable bonds is 8. The second-order valence-electron chi connectivity index (χ2n) is 13.2. The van der Waals surface area contributed by atoms with Gasteiger partial charge in [-0.3, -0.25) is 19.2 Å². The lowest BCUT2D eigenvalue weighted by molar-refractivity contribution is -0.137. The van der Waals surface area contributed by atoms with Gasteiger partial charge in [-0.2, -0.15) is 18.4 Å². The van der Waals surface area contributed by atoms with Gasteiger partial charge in [0.15, 0.2) is 0 Å². The molecule has 8 rings (SSSR count). The molecule has 2 saturated heterocycles. The Morgan fingerprint density at radius 2 is 1.94 bits per heavy atom. The van der Waals surface area contributed by atoms with Crippen molar-refractivity contribution in [3.05, 3.63) is 79.8 Å². The van der Waals surface area contributed by atoms with Crippen LogP contribution in [0.5, 0.6) is 5.75 Å². The van der Waals surface area contributed by atoms with Crippen molar-refractivity contribution in [1.29, 1.82) is 5.26 Å². The zero-order chi connectivity index (χ0) is 35.1. The summed E-state index contributed by atoms with van der Waals surface area (Å²) in [5.74, 6) is -0.522. The number of nitrogens with zero attached hydrogens (tertiary/aromatic N) is 6. The second kappa shape index (κ2) is 11.7. The van der Waals surface area contributed by atoms with E-state index in [1.807, 2.05) is 6.07 Å². The molecule has 3 aromatic heterocycles. The number of fused-ring (bicyclic) bond motifs is 2. The molecule has 5 aromatic rings. The van der Waals surface area contributed by atoms with Gasteiger partial charge in [0.2, 0.25) is 0 Å². The van der Waals surface area contributed by atoms with Gasteiger partial charge >= 0.3 is 12.1 Å². The molecule has 15 heteroatoms. The topological polar surface area (TPSA) is 125 Å². The first-order chi connectivity index (χ1) is 23.9. The normalized spacial score (nSPS) is 17.2. The largest absolute Gasteiger partial charge is 0.491 e. The van der Waals surface area contributed by atoms with Gasteiger partial charge in [-0.05, 0) is 50.1 Å². The van der Waals surface area contributed by atoms with E-state index in [0.717, 1.165) is 32.0 Å². The van der Waals surface area contributed by atoms with E-state index < -0.39 is 23.3 Å². The van der Waals surface area contributed by atoms with E-state index in [4.69, 9.17) is 16.3 Å². The maximum absolute atomic E-state index is 14.5. The number of carboxylic acid groups (broad SMARTS) is 1. The number of carboxylic acids is 1. The Bertz CT molecular complexity index is 2330. The highest BCUT2D eigenvalue weighted by molar-refractivity contribution is 7.18. The van der Waals surface area contributed by atoms with Crippen molar-refractivity contribution >= 4 is 55.7 Å². The molecule has 3 fully saturated rings. The van der Waals surface area contributed by atoms with E-state index in [1.165, 1.54) is 34.4 Å². The minimum atomic E-state index is -4.76. The van der Waals surface area contributed by atoms with Crippen molar-refractivity contribution in [3.63, 3.8) is 0 Å². The van der Waals surface area contributed by atoms with Crippen LogP contribution < -0.4 is 15.2 Å². The fourth-order valence-electron chi connectivity index (χ4n) is 7.41. The number of aromatic carboxylic acids is 1. The highest BCUT2D eigenvalue weighted by Crippen LogP contribution is 2.50. The van der Waals surface area contributed by atoms with E-state index in [1.54, 1.807) is 29.2 Å². The molecule has 0 atom stereocenters. The molecular formula is C35H28ClF3N6O4S. The molecule has 0 unspecified atom stereocenters. The molecule has 1 aliphatic carbocycles. The summed E-state index contributed by atoms with van der Waals surface area (Å²) in [5.41, 5.74) is -0.817. The minimum Gasteiger partial charge on any atom is -0.491 e. The maximum Gasteiger partial charge on any atom is 0.418 e. The Morgan fingerprint density at radius 1 is 1.18 bits per heavy atom. The monoisotopic (exact) mass is 720 g/mol. The summed E-state index contributed by atoms with van der Waals surface area (Å²) in [4.78, 5) is 38.3. The molecule has 0 amide bonds. The number of carbonyl (C=O) groups is 1. The first-order valence-electron chi connectivity index (χ1n) is 15.9. The highest BCUT2D eigenvalue weighted by atomic mass is 35.5. The number of aromatic nitrogens is 3. The summed E-state index contributed by atoms with van der Waals surface area (Å²) in [6, 6.07) is 10.1. The summed E-state index contributed by atoms with van der Waals surface area (Å²) in [6.07, 6.45) is -0.939. The van der Waals surface area contributed by atoms with Crippen molar-refractivity contribution in [2.24, 2.45) is 5.41 Å². The molecule has 5 heterocycles. The average Bonchev–Trinajstić information content (AvgIpc) is 3.77. The first-order valence-corrected chi connectivity index (χ1v) is 17.2. The maximum atomic E-state index is 14.5. The highest BCUT2D eigenvalue weighted by Gasteiger charge is 2.56. The van der Waals surface area contributed by atoms with E-state index >= 15 is 0 Å². The van der Waals surface area contributed by atoms with Crippen molar-refractivity contribution in [3.8, 4) is 22.9 Å². The lowest BCUT2D eigenvalue weighted by Gasteiger charge is -2.61. The number of nitriles is 1. The van der Waals surface area contributed by atoms with Crippen LogP contribution in [-0.4, -0.2) is 69.3 Å². The summed E-state index contributed by atoms with van der Waals surface area (Å²) in [7, 11) is 0. The summed E-state index contributed by atoms with van der Waals surface area (Å²) in [6.45, 7) is 3.90. The smallest absolute Gasteiger partial charge is 0.418 e. The predicted molar refractivity (Wildman–Crippen MR) is 182 cm³/mol. The molecule has 3 aliphatic rings. The third-order valence-corrected chi connectivity index (χ3v) is 11.1. The van der Waals surface area contributed by atoms with Crippen LogP contribution in [0.15, 0.2) is 46.7 Å². The van der Waals surface area contributed by atoms with Gasteiger partial charge in [0, 0.05) is 65.4 Å². The lowest BCUT2D eigenvalue weighted by Crippen LogP contribution is -2.72. The molecule has 2 aliphatic heterocycles. The van der Waals surface area contributed by atoms with E-state index in [0.29, 0.717) is 51.2 Å². The van der Waals surface area contributed by atoms with Gasteiger partial charge in [0.05, 0.1) is 50.0 Å². The fraction of sp³-hybridized carbons (Fsp3) is 0.343. The molecule has 1 N–H and O–H groups in total. The van der Waals surface area contributed by atoms with Gasteiger partial charge in [-0.15, -0.1) is 11.3 Å². The number of benzene rings is 2. The zero-order valence-corrected chi connectivity index (χ0v) is 28.1. The number of ether oxygens (including phenoxy) is 1. The molecule has 50 heavy (non-hydrogen) atoms. The SMILES string of the molecule is Cc1nc2cc(C(F)(F)F)c(N3CC4(C3)CN(C3CC3)C4)c(C#N)c2c(=O)n1CCOc1ccc(Cl)cc1-c1ccnc2c(C(=O)O)csc12. The van der Waals surface area contributed by atoms with Crippen LogP contribution in [-0.2, 0) is 12.7 Å². The summed E-state index contributed by atoms with van der Waals surface area (Å²) in [5, 5.41) is 21.6. The van der Waals surface area contributed by atoms with Gasteiger partial charge in [0.1, 0.15) is 24.3 Å². The Balaban J connectivity index is 1.11. The van der Waals surface area contributed by atoms with Crippen LogP contribution >= 0.6 is 22.9 Å². The number of aryl methyl sites for hydroxylation is 1. The van der Waals surface area contributed by atoms with Crippen LogP contribution in [0.1, 0.15) is 40.2 Å². The number of pyridine rings is 1. The number of halogens is 4. The molecule has 1 spiro atoms. The van der Waals surface area contributed by atoms with E-state index in [9.17, 15) is 33.1 Å². The number of alkyl halides is 3. The molecule has 0 bridgehead atoms.